The molecule has 1 aliphatic heterocycles. The van der Waals surface area contributed by atoms with Gasteiger partial charge in [0.2, 0.25) is 0 Å². The molecule has 0 N–H and O–H groups in total. The van der Waals surface area contributed by atoms with E-state index in [1.807, 2.05) is 0 Å². The molecule has 0 amide bonds. The molecule has 0 aromatic heterocycles. The van der Waals surface area contributed by atoms with E-state index in [1.165, 1.54) is 19.4 Å². The lowest BCUT2D eigenvalue weighted by Crippen LogP contribution is -2.39. The molecule has 0 spiro atoms. The number of hydrogen-bond donors (Lipinski definition) is 0. The highest BCUT2D eigenvalue weighted by molar-refractivity contribution is 4.96. The van der Waals surface area contributed by atoms with Crippen molar-refractivity contribution in [3.63, 3.8) is 0 Å². The number of ether oxygens (including phenoxy) is 1. The molecule has 1 saturated heterocycles. The molecule has 2 rings (SSSR count). The zero-order valence-electron chi connectivity index (χ0n) is 11.3. The molecule has 0 aromatic rings. The summed E-state index contributed by atoms with van der Waals surface area (Å²) in [7, 11) is 0. The molecule has 1 saturated carbocycles. The van der Waals surface area contributed by atoms with Crippen molar-refractivity contribution >= 4 is 0 Å². The molecule has 0 bridgehead atoms. The molecule has 0 aromatic carbocycles. The van der Waals surface area contributed by atoms with Crippen LogP contribution in [0.1, 0.15) is 39.5 Å². The third-order valence-electron chi connectivity index (χ3n) is 4.16. The van der Waals surface area contributed by atoms with E-state index in [2.05, 4.69) is 18.7 Å². The number of likely N-dealkylation sites (tertiary alicyclic amines) is 1. The van der Waals surface area contributed by atoms with Gasteiger partial charge in [-0.15, -0.1) is 0 Å². The zero-order chi connectivity index (χ0) is 12.3. The first-order valence-corrected chi connectivity index (χ1v) is 7.03. The number of rotatable bonds is 6. The number of nitrogens with zero attached hydrogens (tertiary/aromatic N) is 1. The SMILES string of the molecule is CC(C)OCC1(CN2CCC(CF)CC2)CC1. The summed E-state index contributed by atoms with van der Waals surface area (Å²) in [4.78, 5) is 2.52. The Bertz CT molecular complexity index is 232. The van der Waals surface area contributed by atoms with E-state index in [-0.39, 0.29) is 6.67 Å². The molecule has 0 radical (unpaired) electrons. The van der Waals surface area contributed by atoms with Crippen LogP contribution in [0.25, 0.3) is 0 Å². The van der Waals surface area contributed by atoms with Gasteiger partial charge >= 0.3 is 0 Å². The zero-order valence-corrected chi connectivity index (χ0v) is 11.3. The average Bonchev–Trinajstić information content (AvgIpc) is 3.08. The number of halogens is 1. The summed E-state index contributed by atoms with van der Waals surface area (Å²) >= 11 is 0. The van der Waals surface area contributed by atoms with Gasteiger partial charge in [-0.05, 0) is 58.5 Å². The van der Waals surface area contributed by atoms with Crippen molar-refractivity contribution < 1.29 is 9.13 Å². The lowest BCUT2D eigenvalue weighted by atomic mass is 9.97. The van der Waals surface area contributed by atoms with Crippen LogP contribution < -0.4 is 0 Å². The maximum Gasteiger partial charge on any atom is 0.0923 e. The van der Waals surface area contributed by atoms with Gasteiger partial charge in [-0.3, -0.25) is 4.39 Å². The van der Waals surface area contributed by atoms with Crippen LogP contribution in [0.3, 0.4) is 0 Å². The fourth-order valence-corrected chi connectivity index (χ4v) is 2.64. The molecule has 3 heteroatoms. The highest BCUT2D eigenvalue weighted by Gasteiger charge is 2.44. The van der Waals surface area contributed by atoms with E-state index in [0.29, 0.717) is 17.4 Å². The summed E-state index contributed by atoms with van der Waals surface area (Å²) in [5, 5.41) is 0. The summed E-state index contributed by atoms with van der Waals surface area (Å²) in [6, 6.07) is 0. The second-order valence-corrected chi connectivity index (χ2v) is 6.23. The average molecular weight is 243 g/mol. The van der Waals surface area contributed by atoms with Crippen LogP contribution in [0.5, 0.6) is 0 Å². The van der Waals surface area contributed by atoms with Gasteiger partial charge in [0.1, 0.15) is 0 Å². The normalized spacial score (nSPS) is 25.4. The van der Waals surface area contributed by atoms with Crippen LogP contribution in [0, 0.1) is 11.3 Å². The molecule has 0 atom stereocenters. The predicted octanol–water partition coefficient (Wildman–Crippen LogP) is 2.87. The van der Waals surface area contributed by atoms with E-state index >= 15 is 0 Å². The Balaban J connectivity index is 1.70. The maximum atomic E-state index is 12.5. The number of alkyl halides is 1. The van der Waals surface area contributed by atoms with Crippen LogP contribution in [-0.2, 0) is 4.74 Å². The fourth-order valence-electron chi connectivity index (χ4n) is 2.64. The second kappa shape index (κ2) is 5.66. The van der Waals surface area contributed by atoms with Gasteiger partial charge < -0.3 is 9.64 Å². The highest BCUT2D eigenvalue weighted by Crippen LogP contribution is 2.47. The monoisotopic (exact) mass is 243 g/mol. The summed E-state index contributed by atoms with van der Waals surface area (Å²) in [5.41, 5.74) is 0.437. The van der Waals surface area contributed by atoms with Crippen LogP contribution in [0.4, 0.5) is 4.39 Å². The number of hydrogen-bond acceptors (Lipinski definition) is 2. The first kappa shape index (κ1) is 13.3. The smallest absolute Gasteiger partial charge is 0.0923 e. The van der Waals surface area contributed by atoms with E-state index in [4.69, 9.17) is 4.74 Å². The maximum absolute atomic E-state index is 12.5. The molecule has 1 aliphatic carbocycles. The van der Waals surface area contributed by atoms with E-state index < -0.39 is 0 Å². The quantitative estimate of drug-likeness (QED) is 0.711. The largest absolute Gasteiger partial charge is 0.378 e. The third-order valence-corrected chi connectivity index (χ3v) is 4.16. The number of piperidine rings is 1. The molecule has 2 aliphatic rings. The first-order chi connectivity index (χ1) is 8.13. The van der Waals surface area contributed by atoms with E-state index in [0.717, 1.165) is 32.5 Å². The Labute approximate surface area is 105 Å². The summed E-state index contributed by atoms with van der Waals surface area (Å²) in [5.74, 6) is 0.327. The Hall–Kier alpha value is -0.150. The molecule has 100 valence electrons. The third kappa shape index (κ3) is 3.92. The summed E-state index contributed by atoms with van der Waals surface area (Å²) < 4.78 is 18.3. The molecular formula is C14H26FNO. The molecule has 0 unspecified atom stereocenters. The molecule has 17 heavy (non-hydrogen) atoms. The van der Waals surface area contributed by atoms with Gasteiger partial charge in [0, 0.05) is 12.0 Å². The van der Waals surface area contributed by atoms with Crippen molar-refractivity contribution in [1.29, 1.82) is 0 Å². The van der Waals surface area contributed by atoms with Gasteiger partial charge in [0.05, 0.1) is 19.4 Å². The minimum absolute atomic E-state index is 0.130. The van der Waals surface area contributed by atoms with Crippen molar-refractivity contribution in [2.45, 2.75) is 45.6 Å². The van der Waals surface area contributed by atoms with Crippen molar-refractivity contribution in [1.82, 2.24) is 4.90 Å². The van der Waals surface area contributed by atoms with Gasteiger partial charge in [-0.2, -0.15) is 0 Å². The fraction of sp³-hybridized carbons (Fsp3) is 1.00. The lowest BCUT2D eigenvalue weighted by molar-refractivity contribution is 0.0258. The molecule has 1 heterocycles. The van der Waals surface area contributed by atoms with E-state index in [1.54, 1.807) is 0 Å². The predicted molar refractivity (Wildman–Crippen MR) is 67.9 cm³/mol. The van der Waals surface area contributed by atoms with Crippen LogP contribution in [0.2, 0.25) is 0 Å². The van der Waals surface area contributed by atoms with E-state index in [9.17, 15) is 4.39 Å². The summed E-state index contributed by atoms with van der Waals surface area (Å²) in [6.07, 6.45) is 5.03. The minimum Gasteiger partial charge on any atom is -0.378 e. The molecular weight excluding hydrogens is 217 g/mol. The Morgan fingerprint density at radius 3 is 2.41 bits per heavy atom. The Morgan fingerprint density at radius 2 is 1.94 bits per heavy atom. The van der Waals surface area contributed by atoms with Crippen LogP contribution >= 0.6 is 0 Å². The molecule has 2 fully saturated rings. The topological polar surface area (TPSA) is 12.5 Å². The van der Waals surface area contributed by atoms with Crippen molar-refractivity contribution in [2.75, 3.05) is 32.9 Å². The second-order valence-electron chi connectivity index (χ2n) is 6.23. The standard InChI is InChI=1S/C14H26FNO/c1-12(2)17-11-14(5-6-14)10-16-7-3-13(9-15)4-8-16/h12-13H,3-11H2,1-2H3. The van der Waals surface area contributed by atoms with Gasteiger partial charge in [-0.1, -0.05) is 0 Å². The van der Waals surface area contributed by atoms with Crippen molar-refractivity contribution in [3.8, 4) is 0 Å². The van der Waals surface area contributed by atoms with Gasteiger partial charge in [-0.25, -0.2) is 0 Å². The van der Waals surface area contributed by atoms with Crippen LogP contribution in [0.15, 0.2) is 0 Å². The highest BCUT2D eigenvalue weighted by atomic mass is 19.1. The first-order valence-electron chi connectivity index (χ1n) is 7.03. The van der Waals surface area contributed by atoms with Crippen LogP contribution in [-0.4, -0.2) is 43.9 Å². The lowest BCUT2D eigenvalue weighted by Gasteiger charge is -2.33. The van der Waals surface area contributed by atoms with Gasteiger partial charge in [0.25, 0.3) is 0 Å². The van der Waals surface area contributed by atoms with Gasteiger partial charge in [0.15, 0.2) is 0 Å². The van der Waals surface area contributed by atoms with Crippen molar-refractivity contribution in [3.05, 3.63) is 0 Å². The Kier molecular flexibility index (Phi) is 4.42. The Morgan fingerprint density at radius 1 is 1.29 bits per heavy atom. The molecule has 2 nitrogen and oxygen atoms in total. The summed E-state index contributed by atoms with van der Waals surface area (Å²) in [6.45, 7) is 8.31. The minimum atomic E-state index is -0.130. The van der Waals surface area contributed by atoms with Crippen molar-refractivity contribution in [2.24, 2.45) is 11.3 Å².